The van der Waals surface area contributed by atoms with Crippen LogP contribution >= 0.6 is 0 Å². The van der Waals surface area contributed by atoms with Gasteiger partial charge < -0.3 is 11.5 Å². The number of anilines is 2. The maximum atomic E-state index is 11.5. The van der Waals surface area contributed by atoms with Gasteiger partial charge in [-0.05, 0) is 6.07 Å². The highest BCUT2D eigenvalue weighted by atomic mass is 19.3. The molecule has 0 bridgehead atoms. The van der Waals surface area contributed by atoms with Crippen molar-refractivity contribution < 1.29 is 9.47 Å². The van der Waals surface area contributed by atoms with E-state index >= 15 is 0 Å². The van der Waals surface area contributed by atoms with E-state index in [1.54, 1.807) is 0 Å². The first-order valence-electron chi connectivity index (χ1n) is 2.67. The van der Waals surface area contributed by atoms with Crippen LogP contribution in [0, 0.1) is 0 Å². The second-order valence-corrected chi connectivity index (χ2v) is 1.91. The Morgan fingerprint density at radius 2 is 1.60 bits per heavy atom. The molecular weight excluding hydrogens is 135 g/mol. The van der Waals surface area contributed by atoms with Gasteiger partial charge >= 0.3 is 0 Å². The number of halogens is 1. The van der Waals surface area contributed by atoms with E-state index in [2.05, 4.69) is 4.94 Å². The summed E-state index contributed by atoms with van der Waals surface area (Å²) in [4.78, 5) is 3.42. The second kappa shape index (κ2) is 2.43. The van der Waals surface area contributed by atoms with Crippen molar-refractivity contribution in [3.05, 3.63) is 18.2 Å². The van der Waals surface area contributed by atoms with Crippen molar-refractivity contribution in [3.8, 4) is 5.75 Å². The Balaban J connectivity index is 3.06. The quantitative estimate of drug-likeness (QED) is 0.577. The summed E-state index contributed by atoms with van der Waals surface area (Å²) >= 11 is 0. The minimum atomic E-state index is 0.0255. The maximum Gasteiger partial charge on any atom is 0.175 e. The minimum absolute atomic E-state index is 0.0255. The maximum absolute atomic E-state index is 11.5. The molecule has 0 radical (unpaired) electrons. The molecule has 0 fully saturated rings. The summed E-state index contributed by atoms with van der Waals surface area (Å²) in [6.45, 7) is 0. The third-order valence-corrected chi connectivity index (χ3v) is 1.04. The molecule has 1 rings (SSSR count). The molecule has 4 heteroatoms. The summed E-state index contributed by atoms with van der Waals surface area (Å²) in [6.07, 6.45) is 0. The zero-order valence-electron chi connectivity index (χ0n) is 5.17. The summed E-state index contributed by atoms with van der Waals surface area (Å²) < 4.78 is 11.5. The molecule has 10 heavy (non-hydrogen) atoms. The SMILES string of the molecule is Nc1cc(N)cc(OF)c1. The highest BCUT2D eigenvalue weighted by molar-refractivity contribution is 5.56. The Bertz CT molecular complexity index is 219. The molecule has 0 saturated carbocycles. The molecule has 0 aromatic heterocycles. The van der Waals surface area contributed by atoms with Crippen LogP contribution in [0.15, 0.2) is 18.2 Å². The smallest absolute Gasteiger partial charge is 0.175 e. The molecule has 0 aliphatic carbocycles. The fraction of sp³-hybridized carbons (Fsp3) is 0. The number of benzene rings is 1. The highest BCUT2D eigenvalue weighted by Gasteiger charge is 1.95. The lowest BCUT2D eigenvalue weighted by Crippen LogP contribution is -1.90. The van der Waals surface area contributed by atoms with Gasteiger partial charge in [0.1, 0.15) is 0 Å². The van der Waals surface area contributed by atoms with E-state index in [1.807, 2.05) is 0 Å². The first-order valence-corrected chi connectivity index (χ1v) is 2.67. The van der Waals surface area contributed by atoms with Crippen LogP contribution < -0.4 is 16.4 Å². The van der Waals surface area contributed by atoms with Crippen LogP contribution in [-0.4, -0.2) is 0 Å². The Labute approximate surface area is 57.3 Å². The monoisotopic (exact) mass is 142 g/mol. The summed E-state index contributed by atoms with van der Waals surface area (Å²) in [7, 11) is 0. The van der Waals surface area contributed by atoms with E-state index in [-0.39, 0.29) is 5.75 Å². The normalized spacial score (nSPS) is 9.30. The van der Waals surface area contributed by atoms with Crippen molar-refractivity contribution in [2.75, 3.05) is 11.5 Å². The minimum Gasteiger partial charge on any atom is -0.399 e. The van der Waals surface area contributed by atoms with E-state index in [1.165, 1.54) is 18.2 Å². The molecule has 0 unspecified atom stereocenters. The van der Waals surface area contributed by atoms with Gasteiger partial charge in [0.15, 0.2) is 5.75 Å². The van der Waals surface area contributed by atoms with Crippen molar-refractivity contribution in [3.63, 3.8) is 0 Å². The molecule has 3 nitrogen and oxygen atoms in total. The van der Waals surface area contributed by atoms with Gasteiger partial charge in [0.05, 0.1) is 0 Å². The van der Waals surface area contributed by atoms with Crippen LogP contribution in [0.1, 0.15) is 0 Å². The molecule has 0 atom stereocenters. The average molecular weight is 142 g/mol. The summed E-state index contributed by atoms with van der Waals surface area (Å²) in [5, 5.41) is 0. The fourth-order valence-electron chi connectivity index (χ4n) is 0.691. The second-order valence-electron chi connectivity index (χ2n) is 1.91. The van der Waals surface area contributed by atoms with E-state index in [0.29, 0.717) is 11.4 Å². The van der Waals surface area contributed by atoms with Crippen LogP contribution in [0.2, 0.25) is 0 Å². The fourth-order valence-corrected chi connectivity index (χ4v) is 0.691. The Morgan fingerprint density at radius 1 is 1.10 bits per heavy atom. The van der Waals surface area contributed by atoms with Crippen molar-refractivity contribution in [2.45, 2.75) is 0 Å². The van der Waals surface area contributed by atoms with Gasteiger partial charge in [-0.3, -0.25) is 4.94 Å². The lowest BCUT2D eigenvalue weighted by Gasteiger charge is -1.97. The van der Waals surface area contributed by atoms with E-state index in [0.717, 1.165) is 0 Å². The van der Waals surface area contributed by atoms with E-state index in [9.17, 15) is 4.53 Å². The molecule has 0 saturated heterocycles. The molecule has 0 aliphatic heterocycles. The number of nitrogens with two attached hydrogens (primary N) is 2. The number of hydrogen-bond acceptors (Lipinski definition) is 3. The lowest BCUT2D eigenvalue weighted by atomic mass is 10.3. The van der Waals surface area contributed by atoms with Crippen LogP contribution in [0.25, 0.3) is 0 Å². The van der Waals surface area contributed by atoms with Gasteiger partial charge in [0, 0.05) is 28.0 Å². The highest BCUT2D eigenvalue weighted by Crippen LogP contribution is 2.19. The topological polar surface area (TPSA) is 61.3 Å². The van der Waals surface area contributed by atoms with Crippen LogP contribution in [0.5, 0.6) is 5.75 Å². The molecule has 4 N–H and O–H groups in total. The zero-order valence-corrected chi connectivity index (χ0v) is 5.17. The number of rotatable bonds is 1. The summed E-state index contributed by atoms with van der Waals surface area (Å²) in [6, 6.07) is 4.20. The van der Waals surface area contributed by atoms with Gasteiger partial charge in [0.2, 0.25) is 0 Å². The zero-order chi connectivity index (χ0) is 7.56. The number of nitrogen functional groups attached to an aromatic ring is 2. The van der Waals surface area contributed by atoms with Gasteiger partial charge in [0.25, 0.3) is 0 Å². The molecule has 0 aliphatic rings. The molecular formula is C6H7FN2O. The predicted molar refractivity (Wildman–Crippen MR) is 37.0 cm³/mol. The largest absolute Gasteiger partial charge is 0.399 e. The van der Waals surface area contributed by atoms with Gasteiger partial charge in [-0.15, -0.1) is 0 Å². The lowest BCUT2D eigenvalue weighted by molar-refractivity contribution is -0.00605. The molecule has 54 valence electrons. The Kier molecular flexibility index (Phi) is 1.62. The van der Waals surface area contributed by atoms with Crippen molar-refractivity contribution >= 4 is 11.4 Å². The Hall–Kier alpha value is -1.45. The predicted octanol–water partition coefficient (Wildman–Crippen LogP) is 1.11. The standard InChI is InChI=1S/C6H7FN2O/c7-10-6-2-4(8)1-5(9)3-6/h1-3H,8-9H2. The number of hydrogen-bond donors (Lipinski definition) is 2. The molecule has 1 aromatic rings. The summed E-state index contributed by atoms with van der Waals surface area (Å²) in [5.41, 5.74) is 11.4. The first kappa shape index (κ1) is 6.67. The average Bonchev–Trinajstić information content (AvgIpc) is 1.85. The van der Waals surface area contributed by atoms with Crippen molar-refractivity contribution in [1.82, 2.24) is 0 Å². The third-order valence-electron chi connectivity index (χ3n) is 1.04. The molecule has 1 aromatic carbocycles. The molecule has 0 heterocycles. The van der Waals surface area contributed by atoms with Gasteiger partial charge in [-0.25, -0.2) is 0 Å². The van der Waals surface area contributed by atoms with Crippen molar-refractivity contribution in [2.24, 2.45) is 0 Å². The van der Waals surface area contributed by atoms with E-state index in [4.69, 9.17) is 11.5 Å². The van der Waals surface area contributed by atoms with Gasteiger partial charge in [-0.1, -0.05) is 0 Å². The van der Waals surface area contributed by atoms with Crippen molar-refractivity contribution in [1.29, 1.82) is 0 Å². The Morgan fingerprint density at radius 3 is 2.00 bits per heavy atom. The van der Waals surface area contributed by atoms with E-state index < -0.39 is 0 Å². The third kappa shape index (κ3) is 1.28. The molecule has 0 spiro atoms. The van der Waals surface area contributed by atoms with Crippen LogP contribution in [0.4, 0.5) is 15.9 Å². The molecule has 0 amide bonds. The van der Waals surface area contributed by atoms with Crippen LogP contribution in [-0.2, 0) is 0 Å². The summed E-state index contributed by atoms with van der Waals surface area (Å²) in [5.74, 6) is 0.0255. The van der Waals surface area contributed by atoms with Crippen LogP contribution in [0.3, 0.4) is 0 Å². The first-order chi connectivity index (χ1) is 4.72. The van der Waals surface area contributed by atoms with Gasteiger partial charge in [-0.2, -0.15) is 0 Å².